The van der Waals surface area contributed by atoms with Gasteiger partial charge in [0.2, 0.25) is 0 Å². The lowest BCUT2D eigenvalue weighted by atomic mass is 10.1. The first-order chi connectivity index (χ1) is 11.3. The van der Waals surface area contributed by atoms with E-state index < -0.39 is 10.0 Å². The quantitative estimate of drug-likeness (QED) is 0.809. The van der Waals surface area contributed by atoms with E-state index in [1.165, 1.54) is 6.07 Å². The summed E-state index contributed by atoms with van der Waals surface area (Å²) >= 11 is 5.99. The SMILES string of the molecule is CCCC(=O)Cc1cccc(NS(=O)(=O)c2cccc(Cl)c2C)n1. The van der Waals surface area contributed by atoms with Crippen LogP contribution in [0.15, 0.2) is 41.3 Å². The van der Waals surface area contributed by atoms with Gasteiger partial charge in [-0.25, -0.2) is 13.4 Å². The predicted octanol–water partition coefficient (Wildman–Crippen LogP) is 3.76. The number of nitrogens with one attached hydrogen (secondary N) is 1. The number of ketones is 1. The number of benzene rings is 1. The number of nitrogens with zero attached hydrogens (tertiary/aromatic N) is 1. The van der Waals surface area contributed by atoms with Crippen molar-refractivity contribution in [1.82, 2.24) is 4.98 Å². The normalized spacial score (nSPS) is 11.3. The van der Waals surface area contributed by atoms with Gasteiger partial charge in [-0.05, 0) is 43.2 Å². The van der Waals surface area contributed by atoms with Crippen molar-refractivity contribution >= 4 is 33.2 Å². The standard InChI is InChI=1S/C17H19ClN2O3S/c1-3-6-14(21)11-13-7-4-10-17(19-13)20-24(22,23)16-9-5-8-15(18)12(16)2/h4-5,7-10H,3,6,11H2,1-2H3,(H,19,20). The van der Waals surface area contributed by atoms with E-state index in [1.54, 1.807) is 37.3 Å². The van der Waals surface area contributed by atoms with E-state index in [2.05, 4.69) is 9.71 Å². The van der Waals surface area contributed by atoms with E-state index in [0.717, 1.165) is 6.42 Å². The molecule has 0 aliphatic carbocycles. The van der Waals surface area contributed by atoms with Crippen LogP contribution in [0.25, 0.3) is 0 Å². The maximum Gasteiger partial charge on any atom is 0.263 e. The molecule has 0 bridgehead atoms. The number of anilines is 1. The summed E-state index contributed by atoms with van der Waals surface area (Å²) in [7, 11) is -3.80. The van der Waals surface area contributed by atoms with Crippen molar-refractivity contribution in [1.29, 1.82) is 0 Å². The Hall–Kier alpha value is -1.92. The van der Waals surface area contributed by atoms with Gasteiger partial charge < -0.3 is 0 Å². The zero-order valence-corrected chi connectivity index (χ0v) is 15.1. The number of halogens is 1. The summed E-state index contributed by atoms with van der Waals surface area (Å²) in [4.78, 5) is 16.0. The second-order valence-corrected chi connectivity index (χ2v) is 7.51. The summed E-state index contributed by atoms with van der Waals surface area (Å²) in [5.41, 5.74) is 1.01. The van der Waals surface area contributed by atoms with Crippen LogP contribution in [0, 0.1) is 6.92 Å². The van der Waals surface area contributed by atoms with Crippen molar-refractivity contribution < 1.29 is 13.2 Å². The van der Waals surface area contributed by atoms with E-state index in [0.29, 0.717) is 22.7 Å². The van der Waals surface area contributed by atoms with Crippen LogP contribution in [-0.4, -0.2) is 19.2 Å². The van der Waals surface area contributed by atoms with Gasteiger partial charge in [0, 0.05) is 17.9 Å². The Kier molecular flexibility index (Phi) is 5.96. The molecule has 2 aromatic rings. The molecule has 1 aromatic carbocycles. The fraction of sp³-hybridized carbons (Fsp3) is 0.294. The summed E-state index contributed by atoms with van der Waals surface area (Å²) in [6.45, 7) is 3.58. The molecule has 128 valence electrons. The number of carbonyl (C=O) groups is 1. The highest BCUT2D eigenvalue weighted by Gasteiger charge is 2.19. The Labute approximate surface area is 147 Å². The summed E-state index contributed by atoms with van der Waals surface area (Å²) in [5, 5.41) is 0.379. The van der Waals surface area contributed by atoms with E-state index in [9.17, 15) is 13.2 Å². The smallest absolute Gasteiger partial charge is 0.263 e. The third-order valence-electron chi connectivity index (χ3n) is 3.46. The number of pyridine rings is 1. The molecule has 5 nitrogen and oxygen atoms in total. The highest BCUT2D eigenvalue weighted by molar-refractivity contribution is 7.92. The van der Waals surface area contributed by atoms with Crippen LogP contribution in [-0.2, 0) is 21.2 Å². The van der Waals surface area contributed by atoms with Crippen LogP contribution in [0.3, 0.4) is 0 Å². The summed E-state index contributed by atoms with van der Waals surface area (Å²) in [5.74, 6) is 0.256. The van der Waals surface area contributed by atoms with E-state index in [1.807, 2.05) is 6.92 Å². The lowest BCUT2D eigenvalue weighted by Gasteiger charge is -2.11. The number of hydrogen-bond acceptors (Lipinski definition) is 4. The number of sulfonamides is 1. The zero-order chi connectivity index (χ0) is 17.7. The molecular weight excluding hydrogens is 348 g/mol. The first-order valence-electron chi connectivity index (χ1n) is 7.59. The molecule has 1 heterocycles. The second-order valence-electron chi connectivity index (χ2n) is 5.45. The van der Waals surface area contributed by atoms with Gasteiger partial charge in [-0.2, -0.15) is 0 Å². The Morgan fingerprint density at radius 1 is 1.21 bits per heavy atom. The number of carbonyl (C=O) groups excluding carboxylic acids is 1. The number of rotatable bonds is 7. The van der Waals surface area contributed by atoms with Crippen LogP contribution in [0.5, 0.6) is 0 Å². The molecule has 0 fully saturated rings. The molecule has 2 rings (SSSR count). The van der Waals surface area contributed by atoms with Gasteiger partial charge in [-0.15, -0.1) is 0 Å². The highest BCUT2D eigenvalue weighted by Crippen LogP contribution is 2.24. The van der Waals surface area contributed by atoms with Crippen molar-refractivity contribution in [2.24, 2.45) is 0 Å². The third-order valence-corrected chi connectivity index (χ3v) is 5.37. The summed E-state index contributed by atoms with van der Waals surface area (Å²) in [6.07, 6.45) is 1.46. The van der Waals surface area contributed by atoms with Crippen molar-refractivity contribution in [3.05, 3.63) is 52.7 Å². The molecule has 0 saturated heterocycles. The van der Waals surface area contributed by atoms with E-state index in [4.69, 9.17) is 11.6 Å². The lowest BCUT2D eigenvalue weighted by molar-refractivity contribution is -0.118. The van der Waals surface area contributed by atoms with Crippen molar-refractivity contribution in [3.8, 4) is 0 Å². The van der Waals surface area contributed by atoms with Crippen LogP contribution in [0.4, 0.5) is 5.82 Å². The molecule has 0 atom stereocenters. The van der Waals surface area contributed by atoms with Crippen molar-refractivity contribution in [3.63, 3.8) is 0 Å². The molecule has 0 aliphatic rings. The summed E-state index contributed by atoms with van der Waals surface area (Å²) in [6, 6.07) is 9.62. The largest absolute Gasteiger partial charge is 0.299 e. The Balaban J connectivity index is 2.24. The van der Waals surface area contributed by atoms with Crippen LogP contribution in [0.2, 0.25) is 5.02 Å². The Morgan fingerprint density at radius 3 is 2.62 bits per heavy atom. The first kappa shape index (κ1) is 18.4. The second kappa shape index (κ2) is 7.77. The van der Waals surface area contributed by atoms with E-state index >= 15 is 0 Å². The Morgan fingerprint density at radius 2 is 1.92 bits per heavy atom. The van der Waals surface area contributed by atoms with Crippen LogP contribution >= 0.6 is 11.6 Å². The average molecular weight is 367 g/mol. The fourth-order valence-corrected chi connectivity index (χ4v) is 3.78. The molecule has 0 unspecified atom stereocenters. The van der Waals surface area contributed by atoms with Gasteiger partial charge in [-0.1, -0.05) is 30.7 Å². The molecule has 1 N–H and O–H groups in total. The van der Waals surface area contributed by atoms with Gasteiger partial charge >= 0.3 is 0 Å². The van der Waals surface area contributed by atoms with Gasteiger partial charge in [-0.3, -0.25) is 9.52 Å². The molecular formula is C17H19ClN2O3S. The van der Waals surface area contributed by atoms with Crippen molar-refractivity contribution in [2.75, 3.05) is 4.72 Å². The minimum Gasteiger partial charge on any atom is -0.299 e. The van der Waals surface area contributed by atoms with E-state index in [-0.39, 0.29) is 22.9 Å². The average Bonchev–Trinajstić information content (AvgIpc) is 2.50. The van der Waals surface area contributed by atoms with Crippen LogP contribution < -0.4 is 4.72 Å². The maximum atomic E-state index is 12.5. The van der Waals surface area contributed by atoms with Gasteiger partial charge in [0.15, 0.2) is 0 Å². The number of aromatic nitrogens is 1. The predicted molar refractivity (Wildman–Crippen MR) is 94.9 cm³/mol. The minimum absolute atomic E-state index is 0.0793. The Bertz CT molecular complexity index is 851. The molecule has 0 radical (unpaired) electrons. The topological polar surface area (TPSA) is 76.1 Å². The number of Topliss-reactive ketones (excluding diaryl/α,β-unsaturated/α-hetero) is 1. The van der Waals surface area contributed by atoms with Crippen molar-refractivity contribution in [2.45, 2.75) is 38.0 Å². The lowest BCUT2D eigenvalue weighted by Crippen LogP contribution is -2.16. The maximum absolute atomic E-state index is 12.5. The fourth-order valence-electron chi connectivity index (χ4n) is 2.28. The zero-order valence-electron chi connectivity index (χ0n) is 13.5. The van der Waals surface area contributed by atoms with Gasteiger partial charge in [0.05, 0.1) is 10.6 Å². The molecule has 24 heavy (non-hydrogen) atoms. The molecule has 0 amide bonds. The molecule has 7 heteroatoms. The minimum atomic E-state index is -3.80. The monoisotopic (exact) mass is 366 g/mol. The van der Waals surface area contributed by atoms with Crippen LogP contribution in [0.1, 0.15) is 31.0 Å². The van der Waals surface area contributed by atoms with Gasteiger partial charge in [0.1, 0.15) is 11.6 Å². The molecule has 0 spiro atoms. The first-order valence-corrected chi connectivity index (χ1v) is 9.45. The highest BCUT2D eigenvalue weighted by atomic mass is 35.5. The molecule has 0 saturated carbocycles. The van der Waals surface area contributed by atoms with Gasteiger partial charge in [0.25, 0.3) is 10.0 Å². The molecule has 1 aromatic heterocycles. The summed E-state index contributed by atoms with van der Waals surface area (Å²) < 4.78 is 27.5. The third kappa shape index (κ3) is 4.55. The number of hydrogen-bond donors (Lipinski definition) is 1. The molecule has 0 aliphatic heterocycles.